The molecule has 0 aliphatic heterocycles. The number of methoxy groups -OCH3 is 1. The highest BCUT2D eigenvalue weighted by Crippen LogP contribution is 2.25. The lowest BCUT2D eigenvalue weighted by Gasteiger charge is -2.17. The first-order chi connectivity index (χ1) is 8.67. The molecule has 1 aromatic carbocycles. The van der Waals surface area contributed by atoms with E-state index in [0.717, 1.165) is 5.69 Å². The number of nitrogens with two attached hydrogens (primary N) is 1. The Morgan fingerprint density at radius 3 is 2.72 bits per heavy atom. The van der Waals surface area contributed by atoms with Crippen LogP contribution < -0.4 is 16.0 Å². The number of hydrogen-bond donors (Lipinski definition) is 2. The van der Waals surface area contributed by atoms with Gasteiger partial charge in [0.15, 0.2) is 11.6 Å². The average molecular weight is 250 g/mol. The van der Waals surface area contributed by atoms with Crippen molar-refractivity contribution in [2.75, 3.05) is 7.11 Å². The molecule has 0 saturated heterocycles. The highest BCUT2D eigenvalue weighted by Gasteiger charge is 2.17. The molecule has 1 heterocycles. The number of rotatable bonds is 4. The minimum absolute atomic E-state index is 0.208. The van der Waals surface area contributed by atoms with E-state index < -0.39 is 5.82 Å². The molecular weight excluding hydrogens is 235 g/mol. The molecule has 96 valence electrons. The molecule has 0 aliphatic carbocycles. The molecule has 2 aromatic rings. The van der Waals surface area contributed by atoms with Crippen LogP contribution in [0.4, 0.5) is 4.39 Å². The summed E-state index contributed by atoms with van der Waals surface area (Å²) in [5.41, 5.74) is 4.21. The van der Waals surface area contributed by atoms with Crippen molar-refractivity contribution in [3.63, 3.8) is 0 Å². The Morgan fingerprint density at radius 2 is 2.22 bits per heavy atom. The minimum atomic E-state index is -0.419. The molecule has 1 unspecified atom stereocenters. The zero-order valence-electron chi connectivity index (χ0n) is 10.2. The quantitative estimate of drug-likeness (QED) is 0.630. The Balaban J connectivity index is 2.40. The van der Waals surface area contributed by atoms with E-state index in [9.17, 15) is 4.39 Å². The van der Waals surface area contributed by atoms with Crippen LogP contribution in [0.3, 0.4) is 0 Å². The van der Waals surface area contributed by atoms with Crippen LogP contribution in [0.1, 0.15) is 17.3 Å². The SMILES string of the molecule is COc1ccc(C(NN)c2ccnn2C)cc1F. The van der Waals surface area contributed by atoms with Gasteiger partial charge in [-0.1, -0.05) is 6.07 Å². The molecule has 6 heteroatoms. The normalized spacial score (nSPS) is 12.4. The molecule has 1 atom stereocenters. The highest BCUT2D eigenvalue weighted by atomic mass is 19.1. The first-order valence-electron chi connectivity index (χ1n) is 5.45. The topological polar surface area (TPSA) is 65.1 Å². The third-order valence-electron chi connectivity index (χ3n) is 2.83. The van der Waals surface area contributed by atoms with E-state index in [-0.39, 0.29) is 11.8 Å². The van der Waals surface area contributed by atoms with Gasteiger partial charge in [0.05, 0.1) is 18.8 Å². The van der Waals surface area contributed by atoms with Gasteiger partial charge in [-0.05, 0) is 23.8 Å². The van der Waals surface area contributed by atoms with Crippen LogP contribution in [0, 0.1) is 5.82 Å². The van der Waals surface area contributed by atoms with E-state index in [1.165, 1.54) is 13.2 Å². The van der Waals surface area contributed by atoms with Crippen LogP contribution in [0.2, 0.25) is 0 Å². The third-order valence-corrected chi connectivity index (χ3v) is 2.83. The van der Waals surface area contributed by atoms with E-state index in [1.54, 1.807) is 30.1 Å². The number of benzene rings is 1. The van der Waals surface area contributed by atoms with Gasteiger partial charge in [-0.25, -0.2) is 9.82 Å². The Morgan fingerprint density at radius 1 is 1.44 bits per heavy atom. The van der Waals surface area contributed by atoms with Gasteiger partial charge < -0.3 is 4.74 Å². The van der Waals surface area contributed by atoms with Crippen LogP contribution >= 0.6 is 0 Å². The summed E-state index contributed by atoms with van der Waals surface area (Å²) in [5, 5.41) is 4.07. The maximum Gasteiger partial charge on any atom is 0.165 e. The fourth-order valence-electron chi connectivity index (χ4n) is 1.88. The molecule has 3 N–H and O–H groups in total. The first-order valence-corrected chi connectivity index (χ1v) is 5.45. The molecule has 0 bridgehead atoms. The fraction of sp³-hybridized carbons (Fsp3) is 0.250. The monoisotopic (exact) mass is 250 g/mol. The lowest BCUT2D eigenvalue weighted by molar-refractivity contribution is 0.385. The molecule has 0 aliphatic rings. The lowest BCUT2D eigenvalue weighted by atomic mass is 10.0. The predicted octanol–water partition coefficient (Wildman–Crippen LogP) is 1.12. The number of hydrazine groups is 1. The van der Waals surface area contributed by atoms with Gasteiger partial charge in [0, 0.05) is 13.2 Å². The van der Waals surface area contributed by atoms with Crippen LogP contribution in [0.15, 0.2) is 30.5 Å². The highest BCUT2D eigenvalue weighted by molar-refractivity contribution is 5.34. The van der Waals surface area contributed by atoms with Gasteiger partial charge >= 0.3 is 0 Å². The molecule has 2 rings (SSSR count). The van der Waals surface area contributed by atoms with Crippen molar-refractivity contribution in [3.8, 4) is 5.75 Å². The zero-order chi connectivity index (χ0) is 13.1. The van der Waals surface area contributed by atoms with Crippen LogP contribution in [-0.4, -0.2) is 16.9 Å². The van der Waals surface area contributed by atoms with Gasteiger partial charge in [0.2, 0.25) is 0 Å². The number of aromatic nitrogens is 2. The van der Waals surface area contributed by atoms with Gasteiger partial charge in [0.1, 0.15) is 0 Å². The van der Waals surface area contributed by atoms with Gasteiger partial charge in [0.25, 0.3) is 0 Å². The van der Waals surface area contributed by atoms with Crippen LogP contribution in [0.5, 0.6) is 5.75 Å². The summed E-state index contributed by atoms with van der Waals surface area (Å²) in [6.07, 6.45) is 1.67. The Kier molecular flexibility index (Phi) is 3.59. The summed E-state index contributed by atoms with van der Waals surface area (Å²) >= 11 is 0. The molecule has 18 heavy (non-hydrogen) atoms. The van der Waals surface area contributed by atoms with E-state index in [1.807, 2.05) is 6.07 Å². The third kappa shape index (κ3) is 2.20. The fourth-order valence-corrected chi connectivity index (χ4v) is 1.88. The lowest BCUT2D eigenvalue weighted by Crippen LogP contribution is -2.30. The second kappa shape index (κ2) is 5.16. The van der Waals surface area contributed by atoms with Crippen LogP contribution in [0.25, 0.3) is 0 Å². The van der Waals surface area contributed by atoms with Crippen molar-refractivity contribution in [1.29, 1.82) is 0 Å². The number of hydrogen-bond acceptors (Lipinski definition) is 4. The molecular formula is C12H15FN4O. The number of aryl methyl sites for hydroxylation is 1. The Bertz CT molecular complexity index is 541. The molecule has 0 saturated carbocycles. The molecule has 0 spiro atoms. The van der Waals surface area contributed by atoms with Crippen LogP contribution in [-0.2, 0) is 7.05 Å². The van der Waals surface area contributed by atoms with E-state index in [0.29, 0.717) is 5.56 Å². The predicted molar refractivity (Wildman–Crippen MR) is 65.3 cm³/mol. The van der Waals surface area contributed by atoms with Crippen molar-refractivity contribution >= 4 is 0 Å². The molecule has 0 fully saturated rings. The smallest absolute Gasteiger partial charge is 0.165 e. The summed E-state index contributed by atoms with van der Waals surface area (Å²) in [4.78, 5) is 0. The van der Waals surface area contributed by atoms with E-state index >= 15 is 0 Å². The summed E-state index contributed by atoms with van der Waals surface area (Å²) < 4.78 is 20.2. The maximum atomic E-state index is 13.7. The standard InChI is InChI=1S/C12H15FN4O/c1-17-10(5-6-15-17)12(16-14)8-3-4-11(18-2)9(13)7-8/h3-7,12,16H,14H2,1-2H3. The molecule has 0 amide bonds. The summed E-state index contributed by atoms with van der Waals surface area (Å²) in [6.45, 7) is 0. The summed E-state index contributed by atoms with van der Waals surface area (Å²) in [7, 11) is 3.23. The summed E-state index contributed by atoms with van der Waals surface area (Å²) in [6, 6.07) is 6.24. The van der Waals surface area contributed by atoms with E-state index in [4.69, 9.17) is 10.6 Å². The molecule has 5 nitrogen and oxygen atoms in total. The van der Waals surface area contributed by atoms with E-state index in [2.05, 4.69) is 10.5 Å². The zero-order valence-corrected chi connectivity index (χ0v) is 10.2. The second-order valence-corrected chi connectivity index (χ2v) is 3.87. The second-order valence-electron chi connectivity index (χ2n) is 3.87. The van der Waals surface area contributed by atoms with Gasteiger partial charge in [-0.3, -0.25) is 10.5 Å². The maximum absolute atomic E-state index is 13.7. The van der Waals surface area contributed by atoms with Crippen molar-refractivity contribution < 1.29 is 9.13 Å². The Labute approximate surface area is 104 Å². The first kappa shape index (κ1) is 12.5. The number of halogens is 1. The largest absolute Gasteiger partial charge is 0.494 e. The number of nitrogens with zero attached hydrogens (tertiary/aromatic N) is 2. The number of nitrogens with one attached hydrogen (secondary N) is 1. The molecule has 0 radical (unpaired) electrons. The minimum Gasteiger partial charge on any atom is -0.494 e. The Hall–Kier alpha value is -1.92. The van der Waals surface area contributed by atoms with Crippen molar-refractivity contribution in [2.45, 2.75) is 6.04 Å². The number of ether oxygens (including phenoxy) is 1. The van der Waals surface area contributed by atoms with Crippen molar-refractivity contribution in [2.24, 2.45) is 12.9 Å². The molecule has 1 aromatic heterocycles. The van der Waals surface area contributed by atoms with Gasteiger partial charge in [-0.2, -0.15) is 5.10 Å². The van der Waals surface area contributed by atoms with Crippen molar-refractivity contribution in [1.82, 2.24) is 15.2 Å². The summed E-state index contributed by atoms with van der Waals surface area (Å²) in [5.74, 6) is 5.33. The average Bonchev–Trinajstić information content (AvgIpc) is 2.77. The van der Waals surface area contributed by atoms with Crippen molar-refractivity contribution in [3.05, 3.63) is 47.5 Å². The van der Waals surface area contributed by atoms with Gasteiger partial charge in [-0.15, -0.1) is 0 Å².